The van der Waals surface area contributed by atoms with E-state index in [2.05, 4.69) is 10.8 Å². The minimum atomic E-state index is -0.129. The van der Waals surface area contributed by atoms with Crippen LogP contribution in [0.25, 0.3) is 0 Å². The molecule has 0 aromatic carbocycles. The molecular formula is C21H30N2O3S. The van der Waals surface area contributed by atoms with Crippen molar-refractivity contribution in [3.8, 4) is 0 Å². The highest BCUT2D eigenvalue weighted by atomic mass is 32.1. The van der Waals surface area contributed by atoms with Gasteiger partial charge in [0, 0.05) is 37.9 Å². The first-order valence-electron chi connectivity index (χ1n) is 10.5. The summed E-state index contributed by atoms with van der Waals surface area (Å²) in [6.07, 6.45) is 10.4. The lowest BCUT2D eigenvalue weighted by Gasteiger charge is -2.29. The second-order valence-corrected chi connectivity index (χ2v) is 10.1. The Morgan fingerprint density at radius 1 is 1.30 bits per heavy atom. The monoisotopic (exact) mass is 390 g/mol. The van der Waals surface area contributed by atoms with Crippen molar-refractivity contribution in [2.24, 2.45) is 28.2 Å². The zero-order valence-corrected chi connectivity index (χ0v) is 17.0. The highest BCUT2D eigenvalue weighted by Crippen LogP contribution is 2.65. The minimum absolute atomic E-state index is 0.129. The fourth-order valence-corrected chi connectivity index (χ4v) is 7.53. The third-order valence-corrected chi connectivity index (χ3v) is 8.69. The van der Waals surface area contributed by atoms with E-state index in [1.807, 2.05) is 0 Å². The zero-order chi connectivity index (χ0) is 18.4. The first-order valence-corrected chi connectivity index (χ1v) is 11.4. The smallest absolute Gasteiger partial charge is 0.254 e. The van der Waals surface area contributed by atoms with Crippen LogP contribution in [-0.4, -0.2) is 37.4 Å². The summed E-state index contributed by atoms with van der Waals surface area (Å²) in [5, 5.41) is 0. The largest absolute Gasteiger partial charge is 0.383 e. The summed E-state index contributed by atoms with van der Waals surface area (Å²) >= 11 is 1.71. The number of carbonyl (C=O) groups is 1. The van der Waals surface area contributed by atoms with Crippen LogP contribution in [0.5, 0.6) is 0 Å². The van der Waals surface area contributed by atoms with E-state index in [9.17, 15) is 4.79 Å². The standard InChI is InChI=1S/C21H30N2O3S/c1-25-7-4-23-13-18(16-2-5-26-6-3-16)27-20(23)22-19(24)21-11-14-8-15(12-21)10-17(21)9-14/h13-17H,2-12H2,1H3. The van der Waals surface area contributed by atoms with Crippen LogP contribution < -0.4 is 4.80 Å². The van der Waals surface area contributed by atoms with Crippen LogP contribution in [0.3, 0.4) is 0 Å². The maximum Gasteiger partial charge on any atom is 0.254 e. The fraction of sp³-hybridized carbons (Fsp3) is 0.810. The molecule has 4 saturated carbocycles. The van der Waals surface area contributed by atoms with Gasteiger partial charge in [0.25, 0.3) is 5.91 Å². The quantitative estimate of drug-likeness (QED) is 0.775. The highest BCUT2D eigenvalue weighted by Gasteiger charge is 2.61. The molecule has 1 aromatic rings. The molecular weight excluding hydrogens is 360 g/mol. The highest BCUT2D eigenvalue weighted by molar-refractivity contribution is 7.09. The summed E-state index contributed by atoms with van der Waals surface area (Å²) in [4.78, 5) is 20.3. The van der Waals surface area contributed by atoms with Gasteiger partial charge in [-0.15, -0.1) is 11.3 Å². The molecule has 2 unspecified atom stereocenters. The van der Waals surface area contributed by atoms with Crippen molar-refractivity contribution in [3.05, 3.63) is 15.9 Å². The van der Waals surface area contributed by atoms with Gasteiger partial charge in [0.1, 0.15) is 0 Å². The second-order valence-electron chi connectivity index (χ2n) is 9.11. The summed E-state index contributed by atoms with van der Waals surface area (Å²) in [7, 11) is 1.72. The summed E-state index contributed by atoms with van der Waals surface area (Å²) in [6, 6.07) is 0. The molecule has 4 aliphatic carbocycles. The van der Waals surface area contributed by atoms with Crippen molar-refractivity contribution < 1.29 is 14.3 Å². The van der Waals surface area contributed by atoms with E-state index in [0.717, 1.165) is 62.1 Å². The van der Waals surface area contributed by atoms with Crippen LogP contribution in [0, 0.1) is 23.2 Å². The van der Waals surface area contributed by atoms with Crippen molar-refractivity contribution in [1.29, 1.82) is 0 Å². The Bertz CT molecular complexity index is 763. The molecule has 0 spiro atoms. The number of rotatable bonds is 5. The zero-order valence-electron chi connectivity index (χ0n) is 16.2. The summed E-state index contributed by atoms with van der Waals surface area (Å²) < 4.78 is 12.9. The number of carbonyl (C=O) groups excluding carboxylic acids is 1. The Morgan fingerprint density at radius 2 is 2.04 bits per heavy atom. The van der Waals surface area contributed by atoms with Gasteiger partial charge in [-0.25, -0.2) is 0 Å². The maximum absolute atomic E-state index is 13.4. The van der Waals surface area contributed by atoms with E-state index in [1.54, 1.807) is 18.4 Å². The van der Waals surface area contributed by atoms with Gasteiger partial charge in [-0.05, 0) is 68.6 Å². The summed E-state index contributed by atoms with van der Waals surface area (Å²) in [5.41, 5.74) is -0.129. The van der Waals surface area contributed by atoms with E-state index in [1.165, 1.54) is 24.1 Å². The molecule has 1 amide bonds. The summed E-state index contributed by atoms with van der Waals surface area (Å²) in [5.74, 6) is 2.86. The first kappa shape index (κ1) is 18.1. The number of aromatic nitrogens is 1. The Balaban J connectivity index is 1.45. The molecule has 1 saturated heterocycles. The van der Waals surface area contributed by atoms with Gasteiger partial charge >= 0.3 is 0 Å². The minimum Gasteiger partial charge on any atom is -0.383 e. The number of methoxy groups -OCH3 is 1. The number of nitrogens with zero attached hydrogens (tertiary/aromatic N) is 2. The van der Waals surface area contributed by atoms with E-state index in [4.69, 9.17) is 14.5 Å². The second kappa shape index (κ2) is 7.12. The molecule has 5 aliphatic rings. The Hall–Kier alpha value is -0.980. The molecule has 0 radical (unpaired) electrons. The molecule has 2 heterocycles. The van der Waals surface area contributed by atoms with E-state index in [0.29, 0.717) is 18.4 Å². The lowest BCUT2D eigenvalue weighted by atomic mass is 9.75. The molecule has 5 nitrogen and oxygen atoms in total. The van der Waals surface area contributed by atoms with E-state index in [-0.39, 0.29) is 11.3 Å². The predicted molar refractivity (Wildman–Crippen MR) is 104 cm³/mol. The molecule has 1 aliphatic heterocycles. The van der Waals surface area contributed by atoms with Crippen LogP contribution in [0.15, 0.2) is 11.2 Å². The van der Waals surface area contributed by atoms with Gasteiger partial charge in [0.15, 0.2) is 4.80 Å². The number of thiazole rings is 1. The molecule has 6 heteroatoms. The SMILES string of the molecule is COCCn1cc(C2CCOCC2)sc1=NC(=O)C12CC3CC(CC1C3)C2. The third-order valence-electron chi connectivity index (χ3n) is 7.51. The Kier molecular flexibility index (Phi) is 4.77. The Morgan fingerprint density at radius 3 is 2.74 bits per heavy atom. The molecule has 5 fully saturated rings. The molecule has 0 N–H and O–H groups in total. The Labute approximate surface area is 164 Å². The van der Waals surface area contributed by atoms with Crippen LogP contribution in [-0.2, 0) is 20.8 Å². The van der Waals surface area contributed by atoms with Gasteiger partial charge in [-0.1, -0.05) is 0 Å². The average molecular weight is 391 g/mol. The molecule has 4 bridgehead atoms. The van der Waals surface area contributed by atoms with Crippen LogP contribution >= 0.6 is 11.3 Å². The van der Waals surface area contributed by atoms with Crippen molar-refractivity contribution in [2.75, 3.05) is 26.9 Å². The van der Waals surface area contributed by atoms with Gasteiger partial charge in [0.2, 0.25) is 0 Å². The van der Waals surface area contributed by atoms with E-state index >= 15 is 0 Å². The lowest BCUT2D eigenvalue weighted by molar-refractivity contribution is -0.129. The third kappa shape index (κ3) is 3.14. The average Bonchev–Trinajstić information content (AvgIpc) is 3.28. The van der Waals surface area contributed by atoms with Gasteiger partial charge in [0.05, 0.1) is 12.0 Å². The molecule has 27 heavy (non-hydrogen) atoms. The maximum atomic E-state index is 13.4. The van der Waals surface area contributed by atoms with Crippen LogP contribution in [0.2, 0.25) is 0 Å². The predicted octanol–water partition coefficient (Wildman–Crippen LogP) is 3.34. The number of hydrogen-bond donors (Lipinski definition) is 0. The van der Waals surface area contributed by atoms with Gasteiger partial charge in [-0.2, -0.15) is 4.99 Å². The van der Waals surface area contributed by atoms with Gasteiger partial charge < -0.3 is 14.0 Å². The van der Waals surface area contributed by atoms with Gasteiger partial charge in [-0.3, -0.25) is 4.79 Å². The summed E-state index contributed by atoms with van der Waals surface area (Å²) in [6.45, 7) is 3.06. The topological polar surface area (TPSA) is 52.8 Å². The fourth-order valence-electron chi connectivity index (χ4n) is 6.35. The molecule has 2 atom stereocenters. The first-order chi connectivity index (χ1) is 13.2. The van der Waals surface area contributed by atoms with Crippen molar-refractivity contribution in [2.45, 2.75) is 57.4 Å². The molecule has 148 valence electrons. The number of ether oxygens (including phenoxy) is 2. The molecule has 1 aromatic heterocycles. The van der Waals surface area contributed by atoms with Crippen molar-refractivity contribution in [3.63, 3.8) is 0 Å². The van der Waals surface area contributed by atoms with E-state index < -0.39 is 0 Å². The van der Waals surface area contributed by atoms with Crippen LogP contribution in [0.1, 0.15) is 55.7 Å². The van der Waals surface area contributed by atoms with Crippen molar-refractivity contribution >= 4 is 17.2 Å². The lowest BCUT2D eigenvalue weighted by Crippen LogP contribution is -2.33. The van der Waals surface area contributed by atoms with Crippen molar-refractivity contribution in [1.82, 2.24) is 4.57 Å². The number of hydrogen-bond acceptors (Lipinski definition) is 4. The van der Waals surface area contributed by atoms with Crippen LogP contribution in [0.4, 0.5) is 0 Å². The molecule has 6 rings (SSSR count). The normalized spacial score (nSPS) is 36.0. The number of amides is 1.